The number of hydrogen-bond donors (Lipinski definition) is 3. The van der Waals surface area contributed by atoms with Gasteiger partial charge < -0.3 is 20.5 Å². The number of carbonyl (C=O) groups excluding carboxylic acids is 2. The number of ether oxygens (including phenoxy) is 1. The van der Waals surface area contributed by atoms with Gasteiger partial charge in [0.05, 0.1) is 0 Å². The molecule has 0 aliphatic heterocycles. The van der Waals surface area contributed by atoms with Crippen molar-refractivity contribution in [3.63, 3.8) is 0 Å². The molecule has 1 atom stereocenters. The second-order valence-electron chi connectivity index (χ2n) is 8.51. The van der Waals surface area contributed by atoms with Crippen molar-refractivity contribution in [3.8, 4) is 11.1 Å². The summed E-state index contributed by atoms with van der Waals surface area (Å²) in [7, 11) is 0. The molecule has 4 rings (SSSR count). The topological polar surface area (TPSA) is 105 Å². The average molecular weight is 476 g/mol. The maximum Gasteiger partial charge on any atom is 0.407 e. The number of aliphatic carboxylic acids is 1. The minimum absolute atomic E-state index is 0.0890. The van der Waals surface area contributed by atoms with Gasteiger partial charge in [-0.3, -0.25) is 9.59 Å². The van der Waals surface area contributed by atoms with Crippen LogP contribution in [0.2, 0.25) is 0 Å². The lowest BCUT2D eigenvalue weighted by molar-refractivity contribution is -0.192. The van der Waals surface area contributed by atoms with Crippen LogP contribution in [0.4, 0.5) is 18.0 Å². The molecule has 1 saturated carbocycles. The third-order valence-electron chi connectivity index (χ3n) is 6.35. The Labute approximate surface area is 193 Å². The standard InChI is InChI=1S/C24H23F3N2O5/c25-24(26,27)20(22(31)32)11-28-21(30)13-9-14(10-13)29-23(33)34-12-19-17-7-3-1-5-15(17)16-6-2-4-8-18(16)19/h1-8,13-14,19-20H,9-12H2,(H,28,30)(H,29,33)(H,31,32). The van der Waals surface area contributed by atoms with Crippen molar-refractivity contribution in [1.29, 1.82) is 0 Å². The van der Waals surface area contributed by atoms with Crippen LogP contribution in [-0.4, -0.2) is 48.4 Å². The fourth-order valence-electron chi connectivity index (χ4n) is 4.45. The van der Waals surface area contributed by atoms with Gasteiger partial charge in [0.15, 0.2) is 5.92 Å². The van der Waals surface area contributed by atoms with E-state index < -0.39 is 42.5 Å². The van der Waals surface area contributed by atoms with Crippen LogP contribution < -0.4 is 10.6 Å². The van der Waals surface area contributed by atoms with Gasteiger partial charge in [0.25, 0.3) is 0 Å². The third kappa shape index (κ3) is 4.85. The Hall–Kier alpha value is -3.56. The first-order valence-corrected chi connectivity index (χ1v) is 10.8. The minimum Gasteiger partial charge on any atom is -0.481 e. The molecule has 0 aromatic heterocycles. The Morgan fingerprint density at radius 1 is 1.00 bits per heavy atom. The van der Waals surface area contributed by atoms with Crippen LogP contribution in [0.1, 0.15) is 29.9 Å². The summed E-state index contributed by atoms with van der Waals surface area (Å²) in [5.41, 5.74) is 4.37. The van der Waals surface area contributed by atoms with E-state index in [-0.39, 0.29) is 31.4 Å². The zero-order chi connectivity index (χ0) is 24.5. The first kappa shape index (κ1) is 23.6. The minimum atomic E-state index is -4.95. The third-order valence-corrected chi connectivity index (χ3v) is 6.35. The number of nitrogens with one attached hydrogen (secondary N) is 2. The van der Waals surface area contributed by atoms with Crippen molar-refractivity contribution >= 4 is 18.0 Å². The molecular weight excluding hydrogens is 453 g/mol. The van der Waals surface area contributed by atoms with Gasteiger partial charge in [0.1, 0.15) is 6.61 Å². The summed E-state index contributed by atoms with van der Waals surface area (Å²) in [5, 5.41) is 13.4. The van der Waals surface area contributed by atoms with Gasteiger partial charge in [-0.1, -0.05) is 48.5 Å². The molecule has 1 fully saturated rings. The number of carboxylic acids is 1. The summed E-state index contributed by atoms with van der Waals surface area (Å²) in [4.78, 5) is 35.1. The van der Waals surface area contributed by atoms with Crippen molar-refractivity contribution in [2.45, 2.75) is 31.0 Å². The van der Waals surface area contributed by atoms with E-state index in [0.29, 0.717) is 0 Å². The highest BCUT2D eigenvalue weighted by atomic mass is 19.4. The van der Waals surface area contributed by atoms with Gasteiger partial charge in [-0.15, -0.1) is 0 Å². The van der Waals surface area contributed by atoms with Crippen molar-refractivity contribution in [2.24, 2.45) is 11.8 Å². The highest BCUT2D eigenvalue weighted by Gasteiger charge is 2.46. The molecule has 0 heterocycles. The van der Waals surface area contributed by atoms with Crippen LogP contribution in [0.5, 0.6) is 0 Å². The molecule has 0 bridgehead atoms. The molecule has 0 radical (unpaired) electrons. The van der Waals surface area contributed by atoms with E-state index >= 15 is 0 Å². The van der Waals surface area contributed by atoms with E-state index in [2.05, 4.69) is 5.32 Å². The predicted molar refractivity (Wildman–Crippen MR) is 115 cm³/mol. The molecule has 34 heavy (non-hydrogen) atoms. The van der Waals surface area contributed by atoms with Crippen LogP contribution >= 0.6 is 0 Å². The number of halogens is 3. The van der Waals surface area contributed by atoms with E-state index in [0.717, 1.165) is 22.3 Å². The molecule has 2 aliphatic carbocycles. The maximum absolute atomic E-state index is 12.7. The number of alkyl carbamates (subject to hydrolysis) is 1. The fourth-order valence-corrected chi connectivity index (χ4v) is 4.45. The van der Waals surface area contributed by atoms with E-state index in [4.69, 9.17) is 9.84 Å². The van der Waals surface area contributed by atoms with Gasteiger partial charge >= 0.3 is 18.2 Å². The second kappa shape index (κ2) is 9.36. The maximum atomic E-state index is 12.7. The normalized spacial score (nSPS) is 19.9. The van der Waals surface area contributed by atoms with Crippen LogP contribution in [0, 0.1) is 11.8 Å². The second-order valence-corrected chi connectivity index (χ2v) is 8.51. The van der Waals surface area contributed by atoms with Crippen molar-refractivity contribution < 1.29 is 37.4 Å². The Morgan fingerprint density at radius 2 is 1.56 bits per heavy atom. The molecule has 3 N–H and O–H groups in total. The monoisotopic (exact) mass is 476 g/mol. The molecule has 2 aliphatic rings. The Balaban J connectivity index is 1.23. The number of hydrogen-bond acceptors (Lipinski definition) is 4. The highest BCUT2D eigenvalue weighted by molar-refractivity contribution is 5.81. The Kier molecular flexibility index (Phi) is 6.49. The first-order valence-electron chi connectivity index (χ1n) is 10.8. The number of alkyl halides is 3. The zero-order valence-corrected chi connectivity index (χ0v) is 18.0. The SMILES string of the molecule is O=C(NC1CC(C(=O)NCC(C(=O)O)C(F)(F)F)C1)OCC1c2ccccc2-c2ccccc21. The number of carboxylic acid groups (broad SMARTS) is 1. The summed E-state index contributed by atoms with van der Waals surface area (Å²) in [6.07, 6.45) is -5.11. The van der Waals surface area contributed by atoms with Crippen LogP contribution in [0.3, 0.4) is 0 Å². The van der Waals surface area contributed by atoms with Crippen LogP contribution in [0.25, 0.3) is 11.1 Å². The van der Waals surface area contributed by atoms with Crippen molar-refractivity contribution in [3.05, 3.63) is 59.7 Å². The summed E-state index contributed by atoms with van der Waals surface area (Å²) < 4.78 is 43.5. The fraction of sp³-hybridized carbons (Fsp3) is 0.375. The van der Waals surface area contributed by atoms with E-state index in [1.54, 1.807) is 0 Å². The largest absolute Gasteiger partial charge is 0.481 e. The molecule has 180 valence electrons. The Bertz CT molecular complexity index is 1050. The number of carbonyl (C=O) groups is 3. The molecule has 7 nitrogen and oxygen atoms in total. The summed E-state index contributed by atoms with van der Waals surface area (Å²) >= 11 is 0. The number of rotatable bonds is 7. The quantitative estimate of drug-likeness (QED) is 0.566. The molecule has 2 amide bonds. The van der Waals surface area contributed by atoms with Gasteiger partial charge in [-0.05, 0) is 35.1 Å². The lowest BCUT2D eigenvalue weighted by Gasteiger charge is -2.34. The first-order chi connectivity index (χ1) is 16.1. The molecule has 10 heteroatoms. The van der Waals surface area contributed by atoms with E-state index in [9.17, 15) is 27.6 Å². The summed E-state index contributed by atoms with van der Waals surface area (Å²) in [5.74, 6) is -6.06. The smallest absolute Gasteiger partial charge is 0.407 e. The lowest BCUT2D eigenvalue weighted by Crippen LogP contribution is -2.51. The van der Waals surface area contributed by atoms with Crippen LogP contribution in [-0.2, 0) is 14.3 Å². The predicted octanol–water partition coefficient (Wildman–Crippen LogP) is 3.68. The van der Waals surface area contributed by atoms with Crippen molar-refractivity contribution in [2.75, 3.05) is 13.2 Å². The Morgan fingerprint density at radius 3 is 2.09 bits per heavy atom. The van der Waals surface area contributed by atoms with Gasteiger partial charge in [0, 0.05) is 24.4 Å². The van der Waals surface area contributed by atoms with E-state index in [1.807, 2.05) is 53.8 Å². The lowest BCUT2D eigenvalue weighted by atomic mass is 9.79. The molecule has 0 spiro atoms. The molecule has 1 unspecified atom stereocenters. The van der Waals surface area contributed by atoms with Gasteiger partial charge in [0.2, 0.25) is 5.91 Å². The molecule has 2 aromatic carbocycles. The number of fused-ring (bicyclic) bond motifs is 3. The van der Waals surface area contributed by atoms with Gasteiger partial charge in [-0.25, -0.2) is 4.79 Å². The molecule has 2 aromatic rings. The van der Waals surface area contributed by atoms with Crippen molar-refractivity contribution in [1.82, 2.24) is 10.6 Å². The summed E-state index contributed by atoms with van der Waals surface area (Å²) in [6.45, 7) is -0.886. The number of amides is 2. The average Bonchev–Trinajstić information content (AvgIpc) is 3.07. The summed E-state index contributed by atoms with van der Waals surface area (Å²) in [6, 6.07) is 15.5. The molecule has 0 saturated heterocycles. The number of benzene rings is 2. The zero-order valence-electron chi connectivity index (χ0n) is 18.0. The van der Waals surface area contributed by atoms with Crippen LogP contribution in [0.15, 0.2) is 48.5 Å². The highest BCUT2D eigenvalue weighted by Crippen LogP contribution is 2.44. The molecular formula is C24H23F3N2O5. The van der Waals surface area contributed by atoms with E-state index in [1.165, 1.54) is 0 Å². The van der Waals surface area contributed by atoms with Gasteiger partial charge in [-0.2, -0.15) is 13.2 Å².